The average molecular weight is 247 g/mol. The third-order valence-electron chi connectivity index (χ3n) is 2.94. The van der Waals surface area contributed by atoms with Crippen LogP contribution in [0.4, 0.5) is 5.69 Å². The molecule has 1 aliphatic rings. The highest BCUT2D eigenvalue weighted by Crippen LogP contribution is 2.16. The van der Waals surface area contributed by atoms with Gasteiger partial charge in [0.1, 0.15) is 0 Å². The highest BCUT2D eigenvalue weighted by atomic mass is 16.5. The van der Waals surface area contributed by atoms with Crippen LogP contribution in [-0.2, 0) is 4.74 Å². The summed E-state index contributed by atoms with van der Waals surface area (Å²) < 4.78 is 5.35. The molecule has 1 fully saturated rings. The fraction of sp³-hybridized carbons (Fsp3) is 0.500. The van der Waals surface area contributed by atoms with Crippen LogP contribution in [0.1, 0.15) is 18.9 Å². The molecule has 1 aromatic heterocycles. The summed E-state index contributed by atoms with van der Waals surface area (Å²) in [5, 5.41) is 0. The van der Waals surface area contributed by atoms with Crippen LogP contribution in [0.5, 0.6) is 0 Å². The summed E-state index contributed by atoms with van der Waals surface area (Å²) in [6.07, 6.45) is 8.86. The Morgan fingerprint density at radius 1 is 1.44 bits per heavy atom. The molecule has 1 aliphatic heterocycles. The highest BCUT2D eigenvalue weighted by Gasteiger charge is 2.11. The van der Waals surface area contributed by atoms with Crippen molar-refractivity contribution in [2.45, 2.75) is 19.4 Å². The molecule has 0 unspecified atom stereocenters. The van der Waals surface area contributed by atoms with E-state index in [2.05, 4.69) is 28.1 Å². The number of aromatic nitrogens is 1. The predicted molar refractivity (Wildman–Crippen MR) is 74.6 cm³/mol. The van der Waals surface area contributed by atoms with Crippen molar-refractivity contribution < 1.29 is 4.74 Å². The lowest BCUT2D eigenvalue weighted by Gasteiger charge is -2.28. The third kappa shape index (κ3) is 3.82. The summed E-state index contributed by atoms with van der Waals surface area (Å²) in [7, 11) is 0. The fourth-order valence-corrected chi connectivity index (χ4v) is 1.95. The predicted octanol–water partition coefficient (Wildman–Crippen LogP) is 1.67. The second-order valence-electron chi connectivity index (χ2n) is 4.69. The van der Waals surface area contributed by atoms with Gasteiger partial charge in [0.05, 0.1) is 25.1 Å². The van der Waals surface area contributed by atoms with Crippen molar-refractivity contribution in [3.8, 4) is 0 Å². The van der Waals surface area contributed by atoms with Gasteiger partial charge in [-0.2, -0.15) is 0 Å². The lowest BCUT2D eigenvalue weighted by molar-refractivity contribution is 0.122. The van der Waals surface area contributed by atoms with E-state index in [9.17, 15) is 0 Å². The first-order valence-electron chi connectivity index (χ1n) is 6.45. The lowest BCUT2D eigenvalue weighted by atomic mass is 10.2. The van der Waals surface area contributed by atoms with Crippen molar-refractivity contribution in [1.82, 2.24) is 4.98 Å². The smallest absolute Gasteiger partial charge is 0.0642 e. The Kier molecular flexibility index (Phi) is 4.73. The van der Waals surface area contributed by atoms with E-state index in [0.29, 0.717) is 0 Å². The van der Waals surface area contributed by atoms with Gasteiger partial charge < -0.3 is 15.4 Å². The molecule has 0 amide bonds. The minimum atomic E-state index is 0.205. The molecule has 0 aromatic carbocycles. The van der Waals surface area contributed by atoms with Gasteiger partial charge in [0.15, 0.2) is 0 Å². The summed E-state index contributed by atoms with van der Waals surface area (Å²) in [6, 6.07) is 2.37. The zero-order chi connectivity index (χ0) is 12.8. The Morgan fingerprint density at radius 3 is 2.94 bits per heavy atom. The Labute approximate surface area is 108 Å². The number of hydrogen-bond acceptors (Lipinski definition) is 4. The van der Waals surface area contributed by atoms with Crippen LogP contribution in [0.15, 0.2) is 24.5 Å². The van der Waals surface area contributed by atoms with E-state index in [0.717, 1.165) is 38.3 Å². The van der Waals surface area contributed by atoms with Gasteiger partial charge in [0.2, 0.25) is 0 Å². The number of nitrogens with zero attached hydrogens (tertiary/aromatic N) is 2. The van der Waals surface area contributed by atoms with Crippen LogP contribution in [-0.4, -0.2) is 37.3 Å². The van der Waals surface area contributed by atoms with Crippen LogP contribution in [0, 0.1) is 0 Å². The Hall–Kier alpha value is -1.39. The Bertz CT molecular complexity index is 398. The maximum absolute atomic E-state index is 5.71. The number of ether oxygens (including phenoxy) is 1. The van der Waals surface area contributed by atoms with Crippen LogP contribution in [0.3, 0.4) is 0 Å². The summed E-state index contributed by atoms with van der Waals surface area (Å²) >= 11 is 0. The van der Waals surface area contributed by atoms with Crippen molar-refractivity contribution in [3.63, 3.8) is 0 Å². The first kappa shape index (κ1) is 13.1. The summed E-state index contributed by atoms with van der Waals surface area (Å²) in [5.74, 6) is 0. The molecule has 0 radical (unpaired) electrons. The molecule has 2 rings (SSSR count). The topological polar surface area (TPSA) is 51.4 Å². The summed E-state index contributed by atoms with van der Waals surface area (Å²) in [4.78, 5) is 6.60. The van der Waals surface area contributed by atoms with Gasteiger partial charge in [-0.25, -0.2) is 0 Å². The van der Waals surface area contributed by atoms with Crippen molar-refractivity contribution in [2.24, 2.45) is 5.73 Å². The molecule has 0 saturated carbocycles. The Morgan fingerprint density at radius 2 is 2.22 bits per heavy atom. The highest BCUT2D eigenvalue weighted by molar-refractivity contribution is 5.56. The molecule has 4 heteroatoms. The van der Waals surface area contributed by atoms with Gasteiger partial charge >= 0.3 is 0 Å². The second kappa shape index (κ2) is 6.52. The number of morpholine rings is 1. The standard InChI is InChI=1S/C14H21N3O/c1-12(15)3-2-4-13-9-14(11-16-10-13)17-5-7-18-8-6-17/h2,4,9-12H,3,5-8,15H2,1H3/b4-2+/t12-/m0/s1. The minimum absolute atomic E-state index is 0.205. The molecule has 2 N–H and O–H groups in total. The van der Waals surface area contributed by atoms with Crippen LogP contribution in [0.2, 0.25) is 0 Å². The number of pyridine rings is 1. The monoisotopic (exact) mass is 247 g/mol. The molecular weight excluding hydrogens is 226 g/mol. The fourth-order valence-electron chi connectivity index (χ4n) is 1.95. The van der Waals surface area contributed by atoms with Crippen LogP contribution < -0.4 is 10.6 Å². The normalized spacial score (nSPS) is 18.2. The third-order valence-corrected chi connectivity index (χ3v) is 2.94. The molecule has 2 heterocycles. The van der Waals surface area contributed by atoms with E-state index in [4.69, 9.17) is 10.5 Å². The van der Waals surface area contributed by atoms with Gasteiger partial charge in [0, 0.05) is 25.3 Å². The average Bonchev–Trinajstić information content (AvgIpc) is 2.40. The van der Waals surface area contributed by atoms with E-state index < -0.39 is 0 Å². The lowest BCUT2D eigenvalue weighted by Crippen LogP contribution is -2.36. The first-order valence-corrected chi connectivity index (χ1v) is 6.45. The number of rotatable bonds is 4. The van der Waals surface area contributed by atoms with E-state index in [-0.39, 0.29) is 6.04 Å². The summed E-state index contributed by atoms with van der Waals surface area (Å²) in [5.41, 5.74) is 8.01. The van der Waals surface area contributed by atoms with Gasteiger partial charge in [-0.15, -0.1) is 0 Å². The van der Waals surface area contributed by atoms with Crippen molar-refractivity contribution >= 4 is 11.8 Å². The molecule has 0 aliphatic carbocycles. The first-order chi connectivity index (χ1) is 8.75. The summed E-state index contributed by atoms with van der Waals surface area (Å²) in [6.45, 7) is 5.48. The largest absolute Gasteiger partial charge is 0.378 e. The zero-order valence-electron chi connectivity index (χ0n) is 10.9. The van der Waals surface area contributed by atoms with Gasteiger partial charge in [-0.3, -0.25) is 4.98 Å². The molecule has 0 bridgehead atoms. The zero-order valence-corrected chi connectivity index (χ0v) is 10.9. The number of nitrogens with two attached hydrogens (primary N) is 1. The van der Waals surface area contributed by atoms with Gasteiger partial charge in [-0.05, 0) is 25.0 Å². The molecular formula is C14H21N3O. The molecule has 1 aromatic rings. The van der Waals surface area contributed by atoms with E-state index in [1.165, 1.54) is 5.69 Å². The van der Waals surface area contributed by atoms with Crippen molar-refractivity contribution in [3.05, 3.63) is 30.1 Å². The molecule has 98 valence electrons. The number of hydrogen-bond donors (Lipinski definition) is 1. The van der Waals surface area contributed by atoms with Gasteiger partial charge in [-0.1, -0.05) is 12.2 Å². The Balaban J connectivity index is 2.02. The molecule has 1 saturated heterocycles. The van der Waals surface area contributed by atoms with E-state index in [1.54, 1.807) is 0 Å². The van der Waals surface area contributed by atoms with E-state index >= 15 is 0 Å². The molecule has 1 atom stereocenters. The molecule has 18 heavy (non-hydrogen) atoms. The van der Waals surface area contributed by atoms with E-state index in [1.807, 2.05) is 19.3 Å². The second-order valence-corrected chi connectivity index (χ2v) is 4.69. The number of anilines is 1. The maximum Gasteiger partial charge on any atom is 0.0642 e. The van der Waals surface area contributed by atoms with Crippen molar-refractivity contribution in [2.75, 3.05) is 31.2 Å². The van der Waals surface area contributed by atoms with Crippen molar-refractivity contribution in [1.29, 1.82) is 0 Å². The van der Waals surface area contributed by atoms with Crippen LogP contribution >= 0.6 is 0 Å². The molecule has 4 nitrogen and oxygen atoms in total. The van der Waals surface area contributed by atoms with Gasteiger partial charge in [0.25, 0.3) is 0 Å². The SMILES string of the molecule is C[C@H](N)C/C=C/c1cncc(N2CCOCC2)c1. The maximum atomic E-state index is 5.71. The quantitative estimate of drug-likeness (QED) is 0.879. The molecule has 0 spiro atoms. The minimum Gasteiger partial charge on any atom is -0.378 e. The van der Waals surface area contributed by atoms with Crippen LogP contribution in [0.25, 0.3) is 6.08 Å².